The Morgan fingerprint density at radius 3 is 2.26 bits per heavy atom. The molecule has 23 heavy (non-hydrogen) atoms. The number of aromatic nitrogens is 3. The van der Waals surface area contributed by atoms with Crippen LogP contribution in [-0.4, -0.2) is 15.0 Å². The first-order valence-electron chi connectivity index (χ1n) is 7.61. The molecule has 3 rings (SSSR count). The van der Waals surface area contributed by atoms with E-state index in [-0.39, 0.29) is 12.4 Å². The summed E-state index contributed by atoms with van der Waals surface area (Å²) < 4.78 is 14.9. The molecule has 0 unspecified atom stereocenters. The van der Waals surface area contributed by atoms with Crippen LogP contribution in [0.4, 0.5) is 4.39 Å². The van der Waals surface area contributed by atoms with E-state index in [1.54, 1.807) is 16.8 Å². The minimum Gasteiger partial charge on any atom is -0.325 e. The predicted molar refractivity (Wildman–Crippen MR) is 88.7 cm³/mol. The number of rotatable bonds is 4. The minimum absolute atomic E-state index is 0.275. The van der Waals surface area contributed by atoms with E-state index in [0.29, 0.717) is 11.6 Å². The van der Waals surface area contributed by atoms with Crippen molar-refractivity contribution in [3.63, 3.8) is 0 Å². The molecule has 0 bridgehead atoms. The third-order valence-corrected chi connectivity index (χ3v) is 3.86. The van der Waals surface area contributed by atoms with Gasteiger partial charge in [0.05, 0.1) is 11.4 Å². The maximum atomic E-state index is 13.2. The van der Waals surface area contributed by atoms with E-state index >= 15 is 0 Å². The Bertz CT molecular complexity index is 789. The zero-order chi connectivity index (χ0) is 16.4. The van der Waals surface area contributed by atoms with E-state index in [0.717, 1.165) is 16.9 Å². The van der Waals surface area contributed by atoms with E-state index in [4.69, 9.17) is 5.73 Å². The van der Waals surface area contributed by atoms with E-state index in [9.17, 15) is 4.39 Å². The second-order valence-electron chi connectivity index (χ2n) is 5.75. The molecule has 0 saturated heterocycles. The van der Waals surface area contributed by atoms with Crippen LogP contribution in [-0.2, 0) is 6.54 Å². The fourth-order valence-corrected chi connectivity index (χ4v) is 2.53. The summed E-state index contributed by atoms with van der Waals surface area (Å²) in [6, 6.07) is 14.5. The van der Waals surface area contributed by atoms with Crippen LogP contribution < -0.4 is 5.73 Å². The lowest BCUT2D eigenvalue weighted by Gasteiger charge is -2.10. The summed E-state index contributed by atoms with van der Waals surface area (Å²) in [4.78, 5) is 0. The topological polar surface area (TPSA) is 56.7 Å². The quantitative estimate of drug-likeness (QED) is 0.800. The summed E-state index contributed by atoms with van der Waals surface area (Å²) in [6.07, 6.45) is 0. The highest BCUT2D eigenvalue weighted by Gasteiger charge is 2.15. The summed E-state index contributed by atoms with van der Waals surface area (Å²) in [5.41, 5.74) is 10.3. The lowest BCUT2D eigenvalue weighted by atomic mass is 10.0. The molecule has 0 fully saturated rings. The number of hydrogen-bond donors (Lipinski definition) is 1. The molecule has 1 aromatic heterocycles. The average molecular weight is 310 g/mol. The molecule has 0 amide bonds. The second-order valence-corrected chi connectivity index (χ2v) is 5.75. The van der Waals surface area contributed by atoms with Gasteiger partial charge in [0.15, 0.2) is 0 Å². The highest BCUT2D eigenvalue weighted by Crippen LogP contribution is 2.26. The van der Waals surface area contributed by atoms with E-state index in [2.05, 4.69) is 36.3 Å². The van der Waals surface area contributed by atoms with Crippen LogP contribution in [0.2, 0.25) is 0 Å². The van der Waals surface area contributed by atoms with Gasteiger partial charge in [-0.2, -0.15) is 0 Å². The number of halogens is 1. The summed E-state index contributed by atoms with van der Waals surface area (Å²) in [6.45, 7) is 4.58. The molecular weight excluding hydrogens is 291 g/mol. The second kappa shape index (κ2) is 6.30. The Balaban J connectivity index is 2.09. The molecule has 0 aliphatic carbocycles. The Labute approximate surface area is 134 Å². The van der Waals surface area contributed by atoms with Gasteiger partial charge >= 0.3 is 0 Å². The van der Waals surface area contributed by atoms with Crippen LogP contribution in [0.1, 0.15) is 31.0 Å². The van der Waals surface area contributed by atoms with Gasteiger partial charge in [0.25, 0.3) is 0 Å². The first-order valence-corrected chi connectivity index (χ1v) is 7.61. The highest BCUT2D eigenvalue weighted by molar-refractivity contribution is 5.64. The van der Waals surface area contributed by atoms with E-state index in [1.165, 1.54) is 17.7 Å². The van der Waals surface area contributed by atoms with Crippen molar-refractivity contribution in [1.82, 2.24) is 15.0 Å². The summed E-state index contributed by atoms with van der Waals surface area (Å²) in [5.74, 6) is 0.194. The SMILES string of the molecule is CC(C)c1ccc(-n2nnc(CN)c2-c2ccc(F)cc2)cc1. The van der Waals surface area contributed by atoms with Crippen LogP contribution >= 0.6 is 0 Å². The normalized spacial score (nSPS) is 11.2. The Kier molecular flexibility index (Phi) is 4.21. The molecule has 4 nitrogen and oxygen atoms in total. The van der Waals surface area contributed by atoms with Gasteiger partial charge < -0.3 is 5.73 Å². The van der Waals surface area contributed by atoms with Crippen LogP contribution in [0.15, 0.2) is 48.5 Å². The number of nitrogens with zero attached hydrogens (tertiary/aromatic N) is 3. The molecule has 0 aliphatic rings. The molecule has 0 aliphatic heterocycles. The van der Waals surface area contributed by atoms with Crippen LogP contribution in [0, 0.1) is 5.82 Å². The Morgan fingerprint density at radius 1 is 1.04 bits per heavy atom. The molecule has 0 radical (unpaired) electrons. The molecule has 2 aromatic carbocycles. The monoisotopic (exact) mass is 310 g/mol. The van der Waals surface area contributed by atoms with Gasteiger partial charge in [-0.25, -0.2) is 9.07 Å². The number of benzene rings is 2. The largest absolute Gasteiger partial charge is 0.325 e. The van der Waals surface area contributed by atoms with Gasteiger partial charge in [-0.05, 0) is 47.9 Å². The first-order chi connectivity index (χ1) is 11.1. The standard InChI is InChI=1S/C18H19FN4/c1-12(2)13-5-9-16(10-6-13)23-18(17(11-20)21-22-23)14-3-7-15(19)8-4-14/h3-10,12H,11,20H2,1-2H3. The van der Waals surface area contributed by atoms with Crippen LogP contribution in [0.3, 0.4) is 0 Å². The zero-order valence-electron chi connectivity index (χ0n) is 13.2. The lowest BCUT2D eigenvalue weighted by Crippen LogP contribution is -2.03. The summed E-state index contributed by atoms with van der Waals surface area (Å²) in [7, 11) is 0. The molecule has 2 N–H and O–H groups in total. The number of nitrogens with two attached hydrogens (primary N) is 1. The molecule has 0 saturated carbocycles. The maximum Gasteiger partial charge on any atom is 0.123 e. The smallest absolute Gasteiger partial charge is 0.123 e. The molecule has 118 valence electrons. The number of hydrogen-bond acceptors (Lipinski definition) is 3. The molecule has 1 heterocycles. The first kappa shape index (κ1) is 15.4. The van der Waals surface area contributed by atoms with Crippen molar-refractivity contribution in [3.8, 4) is 16.9 Å². The molecule has 3 aromatic rings. The van der Waals surface area contributed by atoms with Crippen molar-refractivity contribution in [2.45, 2.75) is 26.3 Å². The Morgan fingerprint density at radius 2 is 1.70 bits per heavy atom. The van der Waals surface area contributed by atoms with Gasteiger partial charge in [0.1, 0.15) is 11.5 Å². The van der Waals surface area contributed by atoms with Gasteiger partial charge in [0, 0.05) is 12.1 Å². The van der Waals surface area contributed by atoms with E-state index < -0.39 is 0 Å². The van der Waals surface area contributed by atoms with Gasteiger partial charge in [-0.1, -0.05) is 31.2 Å². The van der Waals surface area contributed by atoms with Crippen molar-refractivity contribution < 1.29 is 4.39 Å². The lowest BCUT2D eigenvalue weighted by molar-refractivity contribution is 0.628. The molecule has 5 heteroatoms. The van der Waals surface area contributed by atoms with Crippen LogP contribution in [0.5, 0.6) is 0 Å². The molecule has 0 spiro atoms. The fraction of sp³-hybridized carbons (Fsp3) is 0.222. The minimum atomic E-state index is -0.275. The fourth-order valence-electron chi connectivity index (χ4n) is 2.53. The zero-order valence-corrected chi connectivity index (χ0v) is 13.2. The van der Waals surface area contributed by atoms with Crippen molar-refractivity contribution in [1.29, 1.82) is 0 Å². The van der Waals surface area contributed by atoms with E-state index in [1.807, 2.05) is 12.1 Å². The van der Waals surface area contributed by atoms with Gasteiger partial charge in [-0.3, -0.25) is 0 Å². The third kappa shape index (κ3) is 3.00. The van der Waals surface area contributed by atoms with Crippen molar-refractivity contribution in [2.75, 3.05) is 0 Å². The average Bonchev–Trinajstić information content (AvgIpc) is 2.99. The van der Waals surface area contributed by atoms with Crippen molar-refractivity contribution in [2.24, 2.45) is 5.73 Å². The Hall–Kier alpha value is -2.53. The van der Waals surface area contributed by atoms with Gasteiger partial charge in [-0.15, -0.1) is 5.10 Å². The van der Waals surface area contributed by atoms with Crippen molar-refractivity contribution in [3.05, 3.63) is 65.6 Å². The summed E-state index contributed by atoms with van der Waals surface area (Å²) in [5, 5.41) is 8.39. The maximum absolute atomic E-state index is 13.2. The third-order valence-electron chi connectivity index (χ3n) is 3.86. The highest BCUT2D eigenvalue weighted by atomic mass is 19.1. The van der Waals surface area contributed by atoms with Crippen LogP contribution in [0.25, 0.3) is 16.9 Å². The molecular formula is C18H19FN4. The van der Waals surface area contributed by atoms with Gasteiger partial charge in [0.2, 0.25) is 0 Å². The summed E-state index contributed by atoms with van der Waals surface area (Å²) >= 11 is 0. The molecule has 0 atom stereocenters. The van der Waals surface area contributed by atoms with Crippen molar-refractivity contribution >= 4 is 0 Å². The predicted octanol–water partition coefficient (Wildman–Crippen LogP) is 3.66.